The largest absolute Gasteiger partial charge is 0.336 e. The second kappa shape index (κ2) is 6.26. The fraction of sp³-hybridized carbons (Fsp3) is 0.400. The van der Waals surface area contributed by atoms with Crippen molar-refractivity contribution in [2.75, 3.05) is 13.1 Å². The van der Waals surface area contributed by atoms with Crippen molar-refractivity contribution in [3.63, 3.8) is 0 Å². The molecular formula is C15H16Cl2N4O. The molecule has 0 spiro atoms. The van der Waals surface area contributed by atoms with Gasteiger partial charge in [0.05, 0.1) is 0 Å². The van der Waals surface area contributed by atoms with E-state index in [4.69, 9.17) is 23.2 Å². The smallest absolute Gasteiger partial charge is 0.293 e. The van der Waals surface area contributed by atoms with Crippen LogP contribution in [0.15, 0.2) is 24.5 Å². The first kappa shape index (κ1) is 15.3. The number of amides is 1. The van der Waals surface area contributed by atoms with Crippen LogP contribution in [0.2, 0.25) is 10.0 Å². The minimum Gasteiger partial charge on any atom is -0.336 e. The predicted octanol–water partition coefficient (Wildman–Crippen LogP) is 3.14. The second-order valence-corrected chi connectivity index (χ2v) is 6.26. The number of likely N-dealkylation sites (tertiary alicyclic amines) is 1. The molecule has 116 valence electrons. The van der Waals surface area contributed by atoms with Crippen LogP contribution < -0.4 is 0 Å². The Bertz CT molecular complexity index is 672. The first-order valence-electron chi connectivity index (χ1n) is 7.15. The zero-order valence-electron chi connectivity index (χ0n) is 12.2. The molecule has 1 fully saturated rings. The van der Waals surface area contributed by atoms with Crippen LogP contribution in [-0.4, -0.2) is 38.7 Å². The number of aromatic nitrogens is 3. The van der Waals surface area contributed by atoms with Crippen molar-refractivity contribution in [1.29, 1.82) is 0 Å². The van der Waals surface area contributed by atoms with Crippen LogP contribution >= 0.6 is 23.2 Å². The van der Waals surface area contributed by atoms with E-state index in [-0.39, 0.29) is 17.6 Å². The van der Waals surface area contributed by atoms with Gasteiger partial charge in [-0.15, -0.1) is 5.10 Å². The highest BCUT2D eigenvalue weighted by molar-refractivity contribution is 6.36. The van der Waals surface area contributed by atoms with Crippen LogP contribution in [0.1, 0.15) is 34.9 Å². The molecule has 1 aliphatic heterocycles. The van der Waals surface area contributed by atoms with Crippen LogP contribution in [0, 0.1) is 0 Å². The molecule has 22 heavy (non-hydrogen) atoms. The van der Waals surface area contributed by atoms with E-state index >= 15 is 0 Å². The molecule has 0 aliphatic carbocycles. The summed E-state index contributed by atoms with van der Waals surface area (Å²) in [6, 6.07) is 5.57. The topological polar surface area (TPSA) is 51.0 Å². The maximum atomic E-state index is 12.3. The van der Waals surface area contributed by atoms with Crippen molar-refractivity contribution in [2.24, 2.45) is 7.05 Å². The second-order valence-electron chi connectivity index (χ2n) is 5.44. The fourth-order valence-corrected chi connectivity index (χ4v) is 3.56. The van der Waals surface area contributed by atoms with E-state index in [1.807, 2.05) is 18.2 Å². The molecule has 3 rings (SSSR count). The Morgan fingerprint density at radius 1 is 1.23 bits per heavy atom. The molecule has 5 nitrogen and oxygen atoms in total. The van der Waals surface area contributed by atoms with Gasteiger partial charge in [0.25, 0.3) is 5.91 Å². The molecule has 0 radical (unpaired) electrons. The number of carbonyl (C=O) groups is 1. The Balaban J connectivity index is 1.69. The summed E-state index contributed by atoms with van der Waals surface area (Å²) in [5.74, 6) is 0.406. The molecule has 0 saturated carbocycles. The number of nitrogens with zero attached hydrogens (tertiary/aromatic N) is 4. The summed E-state index contributed by atoms with van der Waals surface area (Å²) in [7, 11) is 1.75. The van der Waals surface area contributed by atoms with Crippen LogP contribution in [-0.2, 0) is 7.05 Å². The SMILES string of the molecule is Cn1cnc(C(=O)N2CCC(c3c(Cl)cccc3Cl)CC2)n1. The van der Waals surface area contributed by atoms with Crippen molar-refractivity contribution in [2.45, 2.75) is 18.8 Å². The van der Waals surface area contributed by atoms with E-state index in [9.17, 15) is 4.79 Å². The molecule has 2 heterocycles. The summed E-state index contributed by atoms with van der Waals surface area (Å²) in [6.45, 7) is 1.31. The van der Waals surface area contributed by atoms with Crippen molar-refractivity contribution in [3.8, 4) is 0 Å². The lowest BCUT2D eigenvalue weighted by Gasteiger charge is -2.32. The third-order valence-corrected chi connectivity index (χ3v) is 4.64. The van der Waals surface area contributed by atoms with Gasteiger partial charge in [-0.2, -0.15) is 0 Å². The van der Waals surface area contributed by atoms with E-state index in [1.54, 1.807) is 11.9 Å². The lowest BCUT2D eigenvalue weighted by atomic mass is 9.89. The molecule has 0 atom stereocenters. The Kier molecular flexibility index (Phi) is 4.36. The monoisotopic (exact) mass is 338 g/mol. The van der Waals surface area contributed by atoms with E-state index in [2.05, 4.69) is 10.1 Å². The first-order chi connectivity index (χ1) is 10.6. The third-order valence-electron chi connectivity index (χ3n) is 3.98. The molecule has 0 bridgehead atoms. The molecule has 1 amide bonds. The standard InChI is InChI=1S/C15H16Cl2N4O/c1-20-9-18-14(19-20)15(22)21-7-5-10(6-8-21)13-11(16)3-2-4-12(13)17/h2-4,9-10H,5-8H2,1H3. The number of piperidine rings is 1. The minimum atomic E-state index is -0.121. The maximum absolute atomic E-state index is 12.3. The summed E-state index contributed by atoms with van der Waals surface area (Å²) in [4.78, 5) is 18.1. The number of hydrogen-bond acceptors (Lipinski definition) is 3. The molecule has 1 aromatic carbocycles. The number of hydrogen-bond donors (Lipinski definition) is 0. The summed E-state index contributed by atoms with van der Waals surface area (Å²) in [6.07, 6.45) is 3.20. The van der Waals surface area contributed by atoms with E-state index in [1.165, 1.54) is 11.0 Å². The lowest BCUT2D eigenvalue weighted by Crippen LogP contribution is -2.38. The summed E-state index contributed by atoms with van der Waals surface area (Å²) < 4.78 is 1.53. The van der Waals surface area contributed by atoms with Crippen LogP contribution in [0.25, 0.3) is 0 Å². The van der Waals surface area contributed by atoms with E-state index in [0.717, 1.165) is 18.4 Å². The van der Waals surface area contributed by atoms with E-state index in [0.29, 0.717) is 23.1 Å². The van der Waals surface area contributed by atoms with Crippen molar-refractivity contribution < 1.29 is 4.79 Å². The molecule has 1 aromatic heterocycles. The normalized spacial score (nSPS) is 16.0. The van der Waals surface area contributed by atoms with Crippen LogP contribution in [0.3, 0.4) is 0 Å². The number of rotatable bonds is 2. The van der Waals surface area contributed by atoms with Gasteiger partial charge in [0, 0.05) is 30.2 Å². The number of aryl methyl sites for hydroxylation is 1. The fourth-order valence-electron chi connectivity index (χ4n) is 2.85. The molecule has 7 heteroatoms. The van der Waals surface area contributed by atoms with Crippen molar-refractivity contribution in [3.05, 3.63) is 46.0 Å². The van der Waals surface area contributed by atoms with Gasteiger partial charge in [-0.1, -0.05) is 29.3 Å². The highest BCUT2D eigenvalue weighted by Crippen LogP contribution is 2.37. The molecular weight excluding hydrogens is 323 g/mol. The first-order valence-corrected chi connectivity index (χ1v) is 7.90. The van der Waals surface area contributed by atoms with Gasteiger partial charge in [0.2, 0.25) is 5.82 Å². The average molecular weight is 339 g/mol. The Morgan fingerprint density at radius 2 is 1.86 bits per heavy atom. The van der Waals surface area contributed by atoms with Gasteiger partial charge < -0.3 is 4.90 Å². The van der Waals surface area contributed by atoms with Gasteiger partial charge in [0.15, 0.2) is 0 Å². The highest BCUT2D eigenvalue weighted by atomic mass is 35.5. The Morgan fingerprint density at radius 3 is 2.41 bits per heavy atom. The third kappa shape index (κ3) is 2.96. The van der Waals surface area contributed by atoms with Crippen molar-refractivity contribution in [1.82, 2.24) is 19.7 Å². The number of halogens is 2. The molecule has 1 aliphatic rings. The number of carbonyl (C=O) groups excluding carboxylic acids is 1. The maximum Gasteiger partial charge on any atom is 0.293 e. The predicted molar refractivity (Wildman–Crippen MR) is 85.3 cm³/mol. The van der Waals surface area contributed by atoms with Crippen molar-refractivity contribution >= 4 is 29.1 Å². The molecule has 1 saturated heterocycles. The summed E-state index contributed by atoms with van der Waals surface area (Å²) in [5, 5.41) is 5.46. The van der Waals surface area contributed by atoms with Crippen LogP contribution in [0.5, 0.6) is 0 Å². The molecule has 0 N–H and O–H groups in total. The Hall–Kier alpha value is -1.59. The zero-order valence-corrected chi connectivity index (χ0v) is 13.7. The zero-order chi connectivity index (χ0) is 15.7. The lowest BCUT2D eigenvalue weighted by molar-refractivity contribution is 0.0700. The van der Waals surface area contributed by atoms with Gasteiger partial charge in [0.1, 0.15) is 6.33 Å². The van der Waals surface area contributed by atoms with E-state index < -0.39 is 0 Å². The Labute approximate surface area is 138 Å². The summed E-state index contributed by atoms with van der Waals surface area (Å²) in [5.41, 5.74) is 0.994. The number of benzene rings is 1. The quantitative estimate of drug-likeness (QED) is 0.845. The summed E-state index contributed by atoms with van der Waals surface area (Å²) >= 11 is 12.5. The van der Waals surface area contributed by atoms with Gasteiger partial charge in [-0.25, -0.2) is 4.98 Å². The molecule has 2 aromatic rings. The minimum absolute atomic E-state index is 0.121. The molecule has 0 unspecified atom stereocenters. The van der Waals surface area contributed by atoms with Crippen LogP contribution in [0.4, 0.5) is 0 Å². The highest BCUT2D eigenvalue weighted by Gasteiger charge is 2.28. The van der Waals surface area contributed by atoms with Gasteiger partial charge >= 0.3 is 0 Å². The van der Waals surface area contributed by atoms with Gasteiger partial charge in [-0.05, 0) is 36.5 Å². The average Bonchev–Trinajstić information content (AvgIpc) is 2.94. The van der Waals surface area contributed by atoms with Gasteiger partial charge in [-0.3, -0.25) is 9.48 Å².